The molecule has 0 atom stereocenters. The largest absolute Gasteiger partial charge is 0.489 e. The fraction of sp³-hybridized carbons (Fsp3) is 0.167. The van der Waals surface area contributed by atoms with E-state index in [0.29, 0.717) is 9.87 Å². The van der Waals surface area contributed by atoms with E-state index in [1.165, 1.54) is 54.7 Å². The van der Waals surface area contributed by atoms with Crippen LogP contribution in [0.15, 0.2) is 88.9 Å². The molecule has 1 heterocycles. The molecule has 1 fully saturated rings. The quantitative estimate of drug-likeness (QED) is 0.243. The number of hydrogen-bond donors (Lipinski definition) is 1. The Morgan fingerprint density at radius 1 is 1.08 bits per heavy atom. The van der Waals surface area contributed by atoms with Gasteiger partial charge in [-0.2, -0.15) is 16.9 Å². The fourth-order valence-electron chi connectivity index (χ4n) is 3.30. The maximum atomic E-state index is 13.3. The number of nitro benzene ring substituents is 1. The maximum absolute atomic E-state index is 13.3. The number of carbonyl (C=O) groups is 1. The highest BCUT2D eigenvalue weighted by molar-refractivity contribution is 8.00. The summed E-state index contributed by atoms with van der Waals surface area (Å²) in [6.07, 6.45) is 1.63. The highest BCUT2D eigenvalue weighted by Crippen LogP contribution is 2.32. The Kier molecular flexibility index (Phi) is 7.86. The van der Waals surface area contributed by atoms with Gasteiger partial charge in [0.15, 0.2) is 0 Å². The Morgan fingerprint density at radius 2 is 1.75 bits per heavy atom. The lowest BCUT2D eigenvalue weighted by Crippen LogP contribution is -2.39. The first-order valence-electron chi connectivity index (χ1n) is 10.8. The summed E-state index contributed by atoms with van der Waals surface area (Å²) in [5, 5.41) is 15.5. The molecule has 3 aromatic carbocycles. The van der Waals surface area contributed by atoms with Crippen molar-refractivity contribution in [1.29, 1.82) is 0 Å². The molecule has 0 aliphatic carbocycles. The van der Waals surface area contributed by atoms with E-state index < -0.39 is 33.1 Å². The Balaban J connectivity index is 1.50. The Labute approximate surface area is 212 Å². The van der Waals surface area contributed by atoms with Gasteiger partial charge in [0, 0.05) is 17.6 Å². The van der Waals surface area contributed by atoms with E-state index in [9.17, 15) is 23.3 Å². The number of nitrogens with zero attached hydrogens (tertiary/aromatic N) is 3. The molecule has 4 rings (SSSR count). The predicted molar refractivity (Wildman–Crippen MR) is 138 cm³/mol. The molecule has 1 saturated heterocycles. The molecule has 1 N–H and O–H groups in total. The third kappa shape index (κ3) is 6.01. The molecule has 0 bridgehead atoms. The average Bonchev–Trinajstić information content (AvgIpc) is 2.86. The highest BCUT2D eigenvalue weighted by atomic mass is 32.2. The number of hydrogen-bond acceptors (Lipinski definition) is 8. The van der Waals surface area contributed by atoms with Gasteiger partial charge in [-0.05, 0) is 48.0 Å². The fourth-order valence-corrected chi connectivity index (χ4v) is 5.32. The Morgan fingerprint density at radius 3 is 2.39 bits per heavy atom. The number of benzene rings is 3. The summed E-state index contributed by atoms with van der Waals surface area (Å²) < 4.78 is 33.2. The number of hydrazone groups is 1. The molecule has 1 aliphatic rings. The Hall–Kier alpha value is -3.90. The van der Waals surface area contributed by atoms with Crippen LogP contribution in [0, 0.1) is 10.1 Å². The van der Waals surface area contributed by atoms with Crippen LogP contribution >= 0.6 is 11.8 Å². The van der Waals surface area contributed by atoms with Crippen LogP contribution in [-0.4, -0.2) is 49.6 Å². The zero-order chi connectivity index (χ0) is 25.5. The molecular weight excluding hydrogens is 504 g/mol. The summed E-state index contributed by atoms with van der Waals surface area (Å²) in [6.45, 7) is -0.717. The molecule has 0 spiro atoms. The van der Waals surface area contributed by atoms with Crippen molar-refractivity contribution < 1.29 is 22.9 Å². The monoisotopic (exact) mass is 526 g/mol. The van der Waals surface area contributed by atoms with Gasteiger partial charge >= 0.3 is 0 Å². The summed E-state index contributed by atoms with van der Waals surface area (Å²) in [4.78, 5) is 23.4. The smallest absolute Gasteiger partial charge is 0.293 e. The lowest BCUT2D eigenvalue weighted by molar-refractivity contribution is -0.384. The molecule has 3 aromatic rings. The van der Waals surface area contributed by atoms with Gasteiger partial charge in [0.2, 0.25) is 0 Å². The number of ether oxygens (including phenoxy) is 1. The molecule has 1 amide bonds. The maximum Gasteiger partial charge on any atom is 0.293 e. The van der Waals surface area contributed by atoms with Crippen LogP contribution in [0.1, 0.15) is 5.56 Å². The lowest BCUT2D eigenvalue weighted by atomic mass is 10.2. The van der Waals surface area contributed by atoms with Crippen LogP contribution in [-0.2, 0) is 14.8 Å². The second-order valence-corrected chi connectivity index (χ2v) is 10.6. The number of sulfonamides is 1. The third-order valence-corrected chi connectivity index (χ3v) is 8.15. The van der Waals surface area contributed by atoms with Crippen LogP contribution < -0.4 is 14.5 Å². The minimum Gasteiger partial charge on any atom is -0.489 e. The predicted octanol–water partition coefficient (Wildman–Crippen LogP) is 3.43. The van der Waals surface area contributed by atoms with Crippen molar-refractivity contribution in [2.75, 3.05) is 22.4 Å². The van der Waals surface area contributed by atoms with Gasteiger partial charge < -0.3 is 4.74 Å². The van der Waals surface area contributed by atoms with Crippen molar-refractivity contribution >= 4 is 45.3 Å². The molecule has 0 aromatic heterocycles. The zero-order valence-electron chi connectivity index (χ0n) is 18.9. The van der Waals surface area contributed by atoms with E-state index in [4.69, 9.17) is 4.74 Å². The van der Waals surface area contributed by atoms with Crippen molar-refractivity contribution in [1.82, 2.24) is 5.43 Å². The van der Waals surface area contributed by atoms with Crippen LogP contribution in [0.2, 0.25) is 0 Å². The van der Waals surface area contributed by atoms with E-state index in [0.717, 1.165) is 17.3 Å². The van der Waals surface area contributed by atoms with E-state index in [1.54, 1.807) is 30.3 Å². The average molecular weight is 527 g/mol. The molecule has 0 unspecified atom stereocenters. The molecule has 36 heavy (non-hydrogen) atoms. The van der Waals surface area contributed by atoms with Crippen LogP contribution in [0.25, 0.3) is 0 Å². The molecule has 1 aliphatic heterocycles. The van der Waals surface area contributed by atoms with Gasteiger partial charge in [0.25, 0.3) is 21.6 Å². The number of carbonyl (C=O) groups excluding carboxylic acids is 1. The molecular formula is C24H22N4O6S2. The summed E-state index contributed by atoms with van der Waals surface area (Å²) in [5.41, 5.74) is 2.30. The van der Waals surface area contributed by atoms with Gasteiger partial charge in [-0.1, -0.05) is 30.3 Å². The van der Waals surface area contributed by atoms with E-state index >= 15 is 0 Å². The van der Waals surface area contributed by atoms with Crippen molar-refractivity contribution in [3.05, 3.63) is 94.5 Å². The van der Waals surface area contributed by atoms with Crippen molar-refractivity contribution in [2.45, 2.75) is 11.0 Å². The van der Waals surface area contributed by atoms with Crippen LogP contribution in [0.3, 0.4) is 0 Å². The zero-order valence-corrected chi connectivity index (χ0v) is 20.5. The normalized spacial score (nSPS) is 13.7. The second kappa shape index (κ2) is 11.2. The Bertz CT molecular complexity index is 1360. The number of para-hydroxylation sites is 2. The summed E-state index contributed by atoms with van der Waals surface area (Å²) in [5.74, 6) is 1.91. The van der Waals surface area contributed by atoms with Gasteiger partial charge in [0.05, 0.1) is 16.0 Å². The van der Waals surface area contributed by atoms with Crippen LogP contribution in [0.5, 0.6) is 5.75 Å². The van der Waals surface area contributed by atoms with Gasteiger partial charge in [-0.25, -0.2) is 18.1 Å². The van der Waals surface area contributed by atoms with E-state index in [-0.39, 0.29) is 16.7 Å². The lowest BCUT2D eigenvalue weighted by Gasteiger charge is -2.25. The van der Waals surface area contributed by atoms with Crippen LogP contribution in [0.4, 0.5) is 11.4 Å². The first kappa shape index (κ1) is 25.2. The van der Waals surface area contributed by atoms with E-state index in [2.05, 4.69) is 10.5 Å². The standard InChI is InChI=1S/C24H22N4O6S2/c29-24(26-25-14-18-10-12-19(13-11-18)34-20-16-35-17-20)15-27(22-8-4-5-9-23(22)28(30)31)36(32,33)21-6-2-1-3-7-21/h1-14,20H,15-17H2,(H,26,29)/b25-14-. The number of nitro groups is 1. The number of anilines is 1. The van der Waals surface area contributed by atoms with E-state index in [1.807, 2.05) is 11.8 Å². The summed E-state index contributed by atoms with van der Waals surface area (Å²) >= 11 is 1.83. The SMILES string of the molecule is O=C(CN(c1ccccc1[N+](=O)[O-])S(=O)(=O)c1ccccc1)N/N=C\c1ccc(OC2CSC2)cc1. The number of rotatable bonds is 10. The van der Waals surface area contributed by atoms with Crippen molar-refractivity contribution in [3.63, 3.8) is 0 Å². The highest BCUT2D eigenvalue weighted by Gasteiger charge is 2.31. The number of amides is 1. The second-order valence-electron chi connectivity index (χ2n) is 7.71. The first-order chi connectivity index (χ1) is 17.3. The molecule has 186 valence electrons. The summed E-state index contributed by atoms with van der Waals surface area (Å²) in [7, 11) is -4.29. The van der Waals surface area contributed by atoms with Gasteiger partial charge in [-0.3, -0.25) is 14.9 Å². The van der Waals surface area contributed by atoms with Crippen molar-refractivity contribution in [3.8, 4) is 5.75 Å². The molecule has 12 heteroatoms. The third-order valence-electron chi connectivity index (χ3n) is 5.16. The minimum absolute atomic E-state index is 0.109. The molecule has 0 saturated carbocycles. The van der Waals surface area contributed by atoms with Gasteiger partial charge in [-0.15, -0.1) is 0 Å². The topological polar surface area (TPSA) is 131 Å². The van der Waals surface area contributed by atoms with Gasteiger partial charge in [0.1, 0.15) is 24.1 Å². The molecule has 0 radical (unpaired) electrons. The first-order valence-corrected chi connectivity index (χ1v) is 13.4. The number of thioether (sulfide) groups is 1. The number of nitrogens with one attached hydrogen (secondary N) is 1. The summed E-state index contributed by atoms with van der Waals surface area (Å²) in [6, 6.07) is 19.9. The van der Waals surface area contributed by atoms with Crippen molar-refractivity contribution in [2.24, 2.45) is 5.10 Å². The minimum atomic E-state index is -4.29. The molecule has 10 nitrogen and oxygen atoms in total.